The van der Waals surface area contributed by atoms with Crippen molar-refractivity contribution in [1.29, 1.82) is 0 Å². The van der Waals surface area contributed by atoms with Gasteiger partial charge >= 0.3 is 0 Å². The summed E-state index contributed by atoms with van der Waals surface area (Å²) in [5.41, 5.74) is 1.86. The van der Waals surface area contributed by atoms with E-state index in [1.165, 1.54) is 0 Å². The normalized spacial score (nSPS) is 21.0. The zero-order valence-corrected chi connectivity index (χ0v) is 24.0. The first-order chi connectivity index (χ1) is 19.5. The summed E-state index contributed by atoms with van der Waals surface area (Å²) in [5.74, 6) is 0.385. The van der Waals surface area contributed by atoms with Crippen LogP contribution in [0.2, 0.25) is 10.0 Å². The molecular weight excluding hydrogens is 555 g/mol. The van der Waals surface area contributed by atoms with Gasteiger partial charge in [0.2, 0.25) is 5.79 Å². The maximum Gasteiger partial charge on any atom is 0.215 e. The minimum atomic E-state index is -1.08. The summed E-state index contributed by atoms with van der Waals surface area (Å²) in [6.07, 6.45) is 5.00. The molecule has 0 bridgehead atoms. The smallest absolute Gasteiger partial charge is 0.215 e. The molecule has 1 aromatic heterocycles. The highest BCUT2D eigenvalue weighted by Crippen LogP contribution is 2.40. The second-order valence-electron chi connectivity index (χ2n) is 9.68. The molecule has 2 fully saturated rings. The summed E-state index contributed by atoms with van der Waals surface area (Å²) in [6, 6.07) is 13.4. The van der Waals surface area contributed by atoms with Crippen molar-refractivity contribution in [3.8, 4) is 5.75 Å². The van der Waals surface area contributed by atoms with E-state index in [9.17, 15) is 0 Å². The van der Waals surface area contributed by atoms with Crippen molar-refractivity contribution < 1.29 is 23.7 Å². The minimum absolute atomic E-state index is 0.290. The maximum atomic E-state index is 6.57. The molecular formula is C29H34Cl2N4O5. The van der Waals surface area contributed by atoms with E-state index in [4.69, 9.17) is 46.9 Å². The maximum absolute atomic E-state index is 6.57. The average molecular weight is 590 g/mol. The van der Waals surface area contributed by atoms with Crippen LogP contribution in [0, 0.1) is 0 Å². The van der Waals surface area contributed by atoms with E-state index < -0.39 is 5.79 Å². The Hall–Kier alpha value is -2.95. The lowest BCUT2D eigenvalue weighted by atomic mass is 10.1. The second kappa shape index (κ2) is 13.1. The number of methoxy groups -OCH3 is 1. The van der Waals surface area contributed by atoms with E-state index in [-0.39, 0.29) is 6.10 Å². The first-order valence-corrected chi connectivity index (χ1v) is 14.0. The summed E-state index contributed by atoms with van der Waals surface area (Å²) < 4.78 is 31.4. The lowest BCUT2D eigenvalue weighted by molar-refractivity contribution is -0.189. The molecule has 0 saturated carbocycles. The molecule has 0 unspecified atom stereocenters. The number of piperazine rings is 1. The number of hydrogen-bond acceptors (Lipinski definition) is 8. The van der Waals surface area contributed by atoms with Crippen LogP contribution in [-0.4, -0.2) is 80.3 Å². The van der Waals surface area contributed by atoms with Gasteiger partial charge in [-0.3, -0.25) is 0 Å². The second-order valence-corrected chi connectivity index (χ2v) is 10.5. The van der Waals surface area contributed by atoms with Gasteiger partial charge in [0.15, 0.2) is 5.88 Å². The lowest BCUT2D eigenvalue weighted by Crippen LogP contribution is -2.46. The van der Waals surface area contributed by atoms with Gasteiger partial charge in [0.1, 0.15) is 25.1 Å². The molecule has 0 amide bonds. The molecule has 3 aromatic rings. The molecule has 3 heterocycles. The van der Waals surface area contributed by atoms with Crippen molar-refractivity contribution >= 4 is 28.9 Å². The van der Waals surface area contributed by atoms with E-state index in [0.29, 0.717) is 54.5 Å². The standard InChI is InChI=1S/C29H34Cl2N4O5/c1-22(37-16-15-36-2)34-11-13-35(14-12-34)24-4-6-25(7-5-24)38-18-26-19-39-29(40-26,20-33-10-9-32-21-33)27-8-3-23(30)17-28(27)31/h3-10,17,21,26H,1,11-16,18-20H2,2H3/t26-,29-/m1/s1. The Labute approximate surface area is 244 Å². The summed E-state index contributed by atoms with van der Waals surface area (Å²) in [7, 11) is 1.66. The molecule has 0 N–H and O–H groups in total. The molecule has 2 aromatic carbocycles. The zero-order valence-electron chi connectivity index (χ0n) is 22.5. The molecule has 40 heavy (non-hydrogen) atoms. The van der Waals surface area contributed by atoms with Crippen molar-refractivity contribution in [3.05, 3.63) is 89.3 Å². The van der Waals surface area contributed by atoms with Gasteiger partial charge in [-0.1, -0.05) is 29.3 Å². The SMILES string of the molecule is C=C(OCCOC)N1CCN(c2ccc(OC[C@@H]3CO[C@@](Cn4ccnc4)(c4ccc(Cl)cc4Cl)O3)cc2)CC1. The van der Waals surface area contributed by atoms with Crippen LogP contribution < -0.4 is 9.64 Å². The molecule has 5 rings (SSSR count). The zero-order chi connectivity index (χ0) is 28.0. The fraction of sp³-hybridized carbons (Fsp3) is 0.414. The third kappa shape index (κ3) is 6.85. The van der Waals surface area contributed by atoms with Crippen LogP contribution in [0.1, 0.15) is 5.56 Å². The van der Waals surface area contributed by atoms with Crippen LogP contribution in [0.15, 0.2) is 73.6 Å². The Morgan fingerprint density at radius 1 is 1.10 bits per heavy atom. The van der Waals surface area contributed by atoms with Gasteiger partial charge in [-0.05, 0) is 43.0 Å². The van der Waals surface area contributed by atoms with Gasteiger partial charge in [-0.15, -0.1) is 0 Å². The first-order valence-electron chi connectivity index (χ1n) is 13.2. The topological polar surface area (TPSA) is 70.5 Å². The molecule has 0 spiro atoms. The fourth-order valence-electron chi connectivity index (χ4n) is 4.87. The Kier molecular flexibility index (Phi) is 9.39. The number of nitrogens with zero attached hydrogens (tertiary/aromatic N) is 4. The van der Waals surface area contributed by atoms with Crippen LogP contribution >= 0.6 is 23.2 Å². The van der Waals surface area contributed by atoms with Crippen LogP contribution in [0.25, 0.3) is 0 Å². The van der Waals surface area contributed by atoms with E-state index in [2.05, 4.69) is 33.5 Å². The Morgan fingerprint density at radius 2 is 1.90 bits per heavy atom. The van der Waals surface area contributed by atoms with Gasteiger partial charge in [-0.2, -0.15) is 0 Å². The summed E-state index contributed by atoms with van der Waals surface area (Å²) >= 11 is 12.7. The highest BCUT2D eigenvalue weighted by molar-refractivity contribution is 6.35. The van der Waals surface area contributed by atoms with Crippen molar-refractivity contribution in [1.82, 2.24) is 14.5 Å². The van der Waals surface area contributed by atoms with Gasteiger partial charge in [0, 0.05) is 62.0 Å². The van der Waals surface area contributed by atoms with Crippen molar-refractivity contribution in [2.45, 2.75) is 18.4 Å². The molecule has 2 aliphatic rings. The summed E-state index contributed by atoms with van der Waals surface area (Å²) in [4.78, 5) is 8.65. The Morgan fingerprint density at radius 3 is 2.60 bits per heavy atom. The minimum Gasteiger partial charge on any atom is -0.491 e. The summed E-state index contributed by atoms with van der Waals surface area (Å²) in [6.45, 7) is 9.64. The van der Waals surface area contributed by atoms with Gasteiger partial charge in [-0.25, -0.2) is 4.98 Å². The number of rotatable bonds is 12. The average Bonchev–Trinajstić information content (AvgIpc) is 3.63. The lowest BCUT2D eigenvalue weighted by Gasteiger charge is -2.37. The molecule has 214 valence electrons. The monoisotopic (exact) mass is 588 g/mol. The van der Waals surface area contributed by atoms with Crippen LogP contribution in [0.5, 0.6) is 5.75 Å². The first kappa shape index (κ1) is 28.6. The third-order valence-electron chi connectivity index (χ3n) is 6.98. The molecule has 2 aliphatic heterocycles. The van der Waals surface area contributed by atoms with Crippen molar-refractivity contribution in [3.63, 3.8) is 0 Å². The van der Waals surface area contributed by atoms with E-state index in [1.54, 1.807) is 31.8 Å². The quantitative estimate of drug-likeness (QED) is 0.221. The number of hydrogen-bond donors (Lipinski definition) is 0. The fourth-order valence-corrected chi connectivity index (χ4v) is 5.42. The van der Waals surface area contributed by atoms with Gasteiger partial charge in [0.05, 0.1) is 31.1 Å². The number of aromatic nitrogens is 2. The van der Waals surface area contributed by atoms with Crippen molar-refractivity contribution in [2.24, 2.45) is 0 Å². The number of anilines is 1. The Bertz CT molecular complexity index is 1250. The van der Waals surface area contributed by atoms with Crippen LogP contribution in [0.4, 0.5) is 5.69 Å². The van der Waals surface area contributed by atoms with E-state index in [1.807, 2.05) is 29.0 Å². The van der Waals surface area contributed by atoms with Gasteiger partial charge in [0.25, 0.3) is 0 Å². The number of benzene rings is 2. The highest BCUT2D eigenvalue weighted by atomic mass is 35.5. The van der Waals surface area contributed by atoms with Crippen LogP contribution in [0.3, 0.4) is 0 Å². The molecule has 0 aliphatic carbocycles. The van der Waals surface area contributed by atoms with E-state index >= 15 is 0 Å². The number of imidazole rings is 1. The van der Waals surface area contributed by atoms with Crippen molar-refractivity contribution in [2.75, 3.05) is 64.6 Å². The predicted molar refractivity (Wildman–Crippen MR) is 154 cm³/mol. The predicted octanol–water partition coefficient (Wildman–Crippen LogP) is 4.79. The number of ether oxygens (including phenoxy) is 5. The highest BCUT2D eigenvalue weighted by Gasteiger charge is 2.45. The largest absolute Gasteiger partial charge is 0.491 e. The Balaban J connectivity index is 1.15. The molecule has 2 saturated heterocycles. The molecule has 0 radical (unpaired) electrons. The van der Waals surface area contributed by atoms with E-state index in [0.717, 1.165) is 37.6 Å². The van der Waals surface area contributed by atoms with Gasteiger partial charge < -0.3 is 38.1 Å². The molecule has 11 heteroatoms. The molecule has 9 nitrogen and oxygen atoms in total. The summed E-state index contributed by atoms with van der Waals surface area (Å²) in [5, 5.41) is 1.03. The van der Waals surface area contributed by atoms with Crippen LogP contribution in [-0.2, 0) is 31.3 Å². The molecule has 2 atom stereocenters. The number of halogens is 2. The third-order valence-corrected chi connectivity index (χ3v) is 7.52.